The molecular weight excluding hydrogens is 664 g/mol. The van der Waals surface area contributed by atoms with Gasteiger partial charge in [0.25, 0.3) is 5.91 Å². The van der Waals surface area contributed by atoms with Gasteiger partial charge in [0.1, 0.15) is 0 Å². The molecule has 0 bridgehead atoms. The third kappa shape index (κ3) is 9.54. The molecule has 1 aromatic heterocycles. The van der Waals surface area contributed by atoms with Crippen molar-refractivity contribution in [1.82, 2.24) is 13.8 Å². The van der Waals surface area contributed by atoms with Crippen LogP contribution in [-0.2, 0) is 33.8 Å². The SMILES string of the molecule is O=C(OCC1CCC(CN(Cc2ccccc2)S(=O)(=O)NC(=O)c2cc(C(F)(F)F)cc(C(F)(F)F)c2)CC1)On1c(O)ccc1O. The molecule has 256 valence electrons. The number of aromatic nitrogens is 1. The third-order valence-corrected chi connectivity index (χ3v) is 8.84. The number of rotatable bonds is 10. The van der Waals surface area contributed by atoms with Gasteiger partial charge in [0.05, 0.1) is 17.7 Å². The summed E-state index contributed by atoms with van der Waals surface area (Å²) in [7, 11) is -4.79. The first-order chi connectivity index (χ1) is 21.9. The molecule has 2 aromatic carbocycles. The molecule has 0 aliphatic heterocycles. The number of carbonyl (C=O) groups excluding carboxylic acids is 2. The maximum Gasteiger partial charge on any atom is 0.533 e. The Hall–Kier alpha value is -4.45. The zero-order chi connectivity index (χ0) is 34.6. The van der Waals surface area contributed by atoms with Crippen LogP contribution in [0.25, 0.3) is 0 Å². The van der Waals surface area contributed by atoms with Gasteiger partial charge in [-0.1, -0.05) is 30.3 Å². The van der Waals surface area contributed by atoms with Crippen LogP contribution in [0.2, 0.25) is 0 Å². The van der Waals surface area contributed by atoms with Gasteiger partial charge in [-0.15, -0.1) is 4.73 Å². The molecule has 1 aliphatic carbocycles. The molecule has 3 N–H and O–H groups in total. The summed E-state index contributed by atoms with van der Waals surface area (Å²) in [4.78, 5) is 29.5. The van der Waals surface area contributed by atoms with Crippen molar-refractivity contribution in [1.29, 1.82) is 0 Å². The topological polar surface area (TPSA) is 147 Å². The van der Waals surface area contributed by atoms with E-state index in [1.54, 1.807) is 35.1 Å². The Morgan fingerprint density at radius 1 is 0.851 bits per heavy atom. The van der Waals surface area contributed by atoms with Crippen molar-refractivity contribution < 1.29 is 64.1 Å². The number of nitrogens with zero attached hydrogens (tertiary/aromatic N) is 2. The average Bonchev–Trinajstić information content (AvgIpc) is 3.31. The summed E-state index contributed by atoms with van der Waals surface area (Å²) in [5.74, 6) is -3.16. The smallest absolute Gasteiger partial charge is 0.492 e. The van der Waals surface area contributed by atoms with Gasteiger partial charge in [0.15, 0.2) is 0 Å². The summed E-state index contributed by atoms with van der Waals surface area (Å²) in [5, 5.41) is 19.1. The van der Waals surface area contributed by atoms with E-state index < -0.39 is 63.1 Å². The van der Waals surface area contributed by atoms with Crippen LogP contribution in [0.3, 0.4) is 0 Å². The van der Waals surface area contributed by atoms with E-state index in [4.69, 9.17) is 9.57 Å². The van der Waals surface area contributed by atoms with Crippen molar-refractivity contribution in [3.63, 3.8) is 0 Å². The van der Waals surface area contributed by atoms with Gasteiger partial charge in [-0.2, -0.15) is 39.1 Å². The van der Waals surface area contributed by atoms with Crippen LogP contribution in [0.1, 0.15) is 52.7 Å². The van der Waals surface area contributed by atoms with Crippen molar-refractivity contribution in [2.24, 2.45) is 11.8 Å². The summed E-state index contributed by atoms with van der Waals surface area (Å²) < 4.78 is 115. The lowest BCUT2D eigenvalue weighted by molar-refractivity contribution is -0.143. The highest BCUT2D eigenvalue weighted by Crippen LogP contribution is 2.36. The first-order valence-corrected chi connectivity index (χ1v) is 15.5. The average molecular weight is 694 g/mol. The molecule has 4 rings (SSSR count). The summed E-state index contributed by atoms with van der Waals surface area (Å²) in [5.41, 5.74) is -4.18. The molecule has 1 amide bonds. The number of ether oxygens (including phenoxy) is 1. The molecule has 47 heavy (non-hydrogen) atoms. The maximum atomic E-state index is 13.4. The zero-order valence-corrected chi connectivity index (χ0v) is 25.1. The lowest BCUT2D eigenvalue weighted by Gasteiger charge is -2.32. The van der Waals surface area contributed by atoms with Crippen molar-refractivity contribution in [3.8, 4) is 11.8 Å². The summed E-state index contributed by atoms with van der Waals surface area (Å²) in [6, 6.07) is 10.5. The number of amides is 1. The fraction of sp³-hybridized carbons (Fsp3) is 0.379. The van der Waals surface area contributed by atoms with Crippen molar-refractivity contribution >= 4 is 22.3 Å². The Bertz CT molecular complexity index is 1620. The highest BCUT2D eigenvalue weighted by molar-refractivity contribution is 7.87. The molecule has 0 unspecified atom stereocenters. The Morgan fingerprint density at radius 3 is 1.91 bits per heavy atom. The van der Waals surface area contributed by atoms with Gasteiger partial charge in [-0.25, -0.2) is 9.52 Å². The van der Waals surface area contributed by atoms with E-state index in [0.29, 0.717) is 36.0 Å². The number of aromatic hydroxyl groups is 2. The van der Waals surface area contributed by atoms with E-state index in [-0.39, 0.29) is 49.7 Å². The normalized spacial score (nSPS) is 17.3. The molecule has 1 heterocycles. The first kappa shape index (κ1) is 35.4. The zero-order valence-electron chi connectivity index (χ0n) is 24.3. The van der Waals surface area contributed by atoms with Gasteiger partial charge in [-0.05, 0) is 61.3 Å². The second kappa shape index (κ2) is 14.1. The van der Waals surface area contributed by atoms with Crippen LogP contribution in [0, 0.1) is 11.8 Å². The number of halogens is 6. The minimum absolute atomic E-state index is 0.0761. The van der Waals surface area contributed by atoms with Crippen LogP contribution >= 0.6 is 0 Å². The molecule has 0 spiro atoms. The first-order valence-electron chi connectivity index (χ1n) is 14.0. The van der Waals surface area contributed by atoms with E-state index >= 15 is 0 Å². The summed E-state index contributed by atoms with van der Waals surface area (Å²) in [6.07, 6.45) is -9.82. The van der Waals surface area contributed by atoms with Gasteiger partial charge >= 0.3 is 28.7 Å². The van der Waals surface area contributed by atoms with Crippen LogP contribution in [0.5, 0.6) is 11.8 Å². The number of alkyl halides is 6. The summed E-state index contributed by atoms with van der Waals surface area (Å²) in [6.45, 7) is -0.475. The molecule has 18 heteroatoms. The lowest BCUT2D eigenvalue weighted by atomic mass is 9.82. The number of carbonyl (C=O) groups is 2. The number of nitrogens with one attached hydrogen (secondary N) is 1. The van der Waals surface area contributed by atoms with E-state index in [1.165, 1.54) is 0 Å². The Morgan fingerprint density at radius 2 is 1.38 bits per heavy atom. The second-order valence-electron chi connectivity index (χ2n) is 10.9. The highest BCUT2D eigenvalue weighted by Gasteiger charge is 2.38. The lowest BCUT2D eigenvalue weighted by Crippen LogP contribution is -2.45. The van der Waals surface area contributed by atoms with Crippen LogP contribution < -0.4 is 9.56 Å². The van der Waals surface area contributed by atoms with Gasteiger partial charge in [-0.3, -0.25) is 9.63 Å². The molecule has 1 fully saturated rings. The minimum Gasteiger partial charge on any atom is -0.492 e. The standard InChI is InChI=1S/C29H29F6N3O8S/c30-28(31,32)22-12-21(13-23(14-22)29(33,34)35)26(41)36-47(43,44)37(15-18-4-2-1-3-5-18)16-19-6-8-20(9-7-19)17-45-27(42)46-38-24(39)10-11-25(38)40/h1-5,10-14,19-20,39-40H,6-9,15-17H2,(H,36,41). The van der Waals surface area contributed by atoms with E-state index in [1.807, 2.05) is 0 Å². The van der Waals surface area contributed by atoms with Gasteiger partial charge < -0.3 is 14.9 Å². The van der Waals surface area contributed by atoms with Crippen LogP contribution in [0.4, 0.5) is 31.1 Å². The van der Waals surface area contributed by atoms with Gasteiger partial charge in [0.2, 0.25) is 11.8 Å². The Labute approximate surface area is 264 Å². The molecule has 0 radical (unpaired) electrons. The molecule has 3 aromatic rings. The van der Waals surface area contributed by atoms with Crippen molar-refractivity contribution in [2.45, 2.75) is 44.6 Å². The second-order valence-corrected chi connectivity index (χ2v) is 12.6. The maximum absolute atomic E-state index is 13.4. The summed E-state index contributed by atoms with van der Waals surface area (Å²) >= 11 is 0. The third-order valence-electron chi connectivity index (χ3n) is 7.44. The molecule has 1 aliphatic rings. The highest BCUT2D eigenvalue weighted by atomic mass is 32.2. The van der Waals surface area contributed by atoms with Crippen molar-refractivity contribution in [2.75, 3.05) is 13.2 Å². The minimum atomic E-state index is -5.24. The molecule has 0 atom stereocenters. The molecular formula is C29H29F6N3O8S. The number of hydrogen-bond donors (Lipinski definition) is 3. The van der Waals surface area contributed by atoms with Gasteiger partial charge in [0, 0.05) is 30.8 Å². The Balaban J connectivity index is 1.43. The van der Waals surface area contributed by atoms with E-state index in [2.05, 4.69) is 0 Å². The monoisotopic (exact) mass is 693 g/mol. The van der Waals surface area contributed by atoms with E-state index in [9.17, 15) is 54.6 Å². The Kier molecular flexibility index (Phi) is 10.6. The van der Waals surface area contributed by atoms with Crippen LogP contribution in [-0.4, -0.2) is 52.9 Å². The van der Waals surface area contributed by atoms with E-state index in [0.717, 1.165) is 16.4 Å². The van der Waals surface area contributed by atoms with Crippen LogP contribution in [0.15, 0.2) is 60.7 Å². The predicted octanol–water partition coefficient (Wildman–Crippen LogP) is 5.49. The fourth-order valence-electron chi connectivity index (χ4n) is 5.01. The fourth-order valence-corrected chi connectivity index (χ4v) is 6.22. The number of benzene rings is 2. The quantitative estimate of drug-likeness (QED) is 0.187. The largest absolute Gasteiger partial charge is 0.533 e. The molecule has 11 nitrogen and oxygen atoms in total. The number of hydrogen-bond acceptors (Lipinski definition) is 8. The predicted molar refractivity (Wildman–Crippen MR) is 151 cm³/mol. The van der Waals surface area contributed by atoms with Crippen molar-refractivity contribution in [3.05, 3.63) is 82.9 Å². The molecule has 0 saturated heterocycles. The molecule has 1 saturated carbocycles.